The van der Waals surface area contributed by atoms with Crippen molar-refractivity contribution < 1.29 is 4.42 Å². The fourth-order valence-electron chi connectivity index (χ4n) is 3.20. The van der Waals surface area contributed by atoms with E-state index in [0.29, 0.717) is 11.9 Å². The second-order valence-electron chi connectivity index (χ2n) is 5.93. The van der Waals surface area contributed by atoms with Gasteiger partial charge in [-0.05, 0) is 31.5 Å². The van der Waals surface area contributed by atoms with E-state index in [1.165, 1.54) is 0 Å². The molecule has 1 aliphatic heterocycles. The third-order valence-electron chi connectivity index (χ3n) is 4.34. The van der Waals surface area contributed by atoms with Gasteiger partial charge in [0, 0.05) is 12.6 Å². The highest BCUT2D eigenvalue weighted by atomic mass is 16.4. The first kappa shape index (κ1) is 14.1. The van der Waals surface area contributed by atoms with Gasteiger partial charge in [-0.3, -0.25) is 4.90 Å². The lowest BCUT2D eigenvalue weighted by Gasteiger charge is -2.22. The molecule has 1 atom stereocenters. The molecule has 6 heteroatoms. The van der Waals surface area contributed by atoms with Crippen LogP contribution in [0.2, 0.25) is 0 Å². The first-order valence-electron chi connectivity index (χ1n) is 7.89. The highest BCUT2D eigenvalue weighted by Crippen LogP contribution is 2.32. The minimum Gasteiger partial charge on any atom is -0.440 e. The Morgan fingerprint density at radius 2 is 2.13 bits per heavy atom. The molecule has 3 aromatic rings. The maximum Gasteiger partial charge on any atom is 0.226 e. The number of nitrogens with zero attached hydrogens (tertiary/aromatic N) is 5. The van der Waals surface area contributed by atoms with Gasteiger partial charge in [-0.1, -0.05) is 18.2 Å². The summed E-state index contributed by atoms with van der Waals surface area (Å²) in [5.41, 5.74) is 1.00. The Kier molecular flexibility index (Phi) is 3.67. The topological polar surface area (TPSA) is 60.0 Å². The predicted octanol–water partition coefficient (Wildman–Crippen LogP) is 2.81. The highest BCUT2D eigenvalue weighted by molar-refractivity contribution is 5.52. The third-order valence-corrected chi connectivity index (χ3v) is 4.34. The molecule has 0 amide bonds. The van der Waals surface area contributed by atoms with Gasteiger partial charge in [-0.25, -0.2) is 4.98 Å². The molecule has 1 fully saturated rings. The minimum absolute atomic E-state index is 0.299. The van der Waals surface area contributed by atoms with Crippen molar-refractivity contribution in [3.63, 3.8) is 0 Å². The van der Waals surface area contributed by atoms with Crippen molar-refractivity contribution in [2.75, 3.05) is 6.54 Å². The predicted molar refractivity (Wildman–Crippen MR) is 85.3 cm³/mol. The number of aryl methyl sites for hydroxylation is 1. The fourth-order valence-corrected chi connectivity index (χ4v) is 3.20. The summed E-state index contributed by atoms with van der Waals surface area (Å²) >= 11 is 0. The van der Waals surface area contributed by atoms with Gasteiger partial charge in [-0.2, -0.15) is 0 Å². The van der Waals surface area contributed by atoms with Gasteiger partial charge < -0.3 is 8.98 Å². The largest absolute Gasteiger partial charge is 0.440 e. The van der Waals surface area contributed by atoms with Gasteiger partial charge in [0.2, 0.25) is 5.89 Å². The van der Waals surface area contributed by atoms with Crippen molar-refractivity contribution in [3.05, 3.63) is 54.4 Å². The van der Waals surface area contributed by atoms with Crippen LogP contribution in [0.1, 0.15) is 30.5 Å². The molecule has 0 N–H and O–H groups in total. The summed E-state index contributed by atoms with van der Waals surface area (Å²) in [7, 11) is 1.99. The molecule has 0 saturated carbocycles. The van der Waals surface area contributed by atoms with Crippen molar-refractivity contribution in [2.45, 2.75) is 25.4 Å². The number of hydrogen-bond donors (Lipinski definition) is 0. The van der Waals surface area contributed by atoms with E-state index in [1.807, 2.05) is 48.1 Å². The van der Waals surface area contributed by atoms with Crippen LogP contribution in [0.5, 0.6) is 0 Å². The van der Waals surface area contributed by atoms with Gasteiger partial charge >= 0.3 is 0 Å². The van der Waals surface area contributed by atoms with E-state index in [2.05, 4.69) is 20.1 Å². The van der Waals surface area contributed by atoms with Crippen LogP contribution < -0.4 is 0 Å². The Balaban J connectivity index is 1.52. The zero-order chi connectivity index (χ0) is 15.6. The molecule has 6 nitrogen and oxygen atoms in total. The number of rotatable bonds is 4. The number of oxazole rings is 1. The second kappa shape index (κ2) is 5.96. The Hall–Kier alpha value is -2.47. The van der Waals surface area contributed by atoms with E-state index in [9.17, 15) is 0 Å². The highest BCUT2D eigenvalue weighted by Gasteiger charge is 2.30. The average molecular weight is 309 g/mol. The summed E-state index contributed by atoms with van der Waals surface area (Å²) in [4.78, 5) is 6.80. The maximum atomic E-state index is 5.93. The standard InChI is InChI=1S/C17H19N5O/c1-21-12-19-20-16(21)15-8-5-9-22(15)11-14-10-18-17(23-14)13-6-3-2-4-7-13/h2-4,6-7,10,12,15H,5,8-9,11H2,1H3. The maximum absolute atomic E-state index is 5.93. The molecule has 1 saturated heterocycles. The lowest BCUT2D eigenvalue weighted by atomic mass is 10.2. The first-order valence-corrected chi connectivity index (χ1v) is 7.89. The lowest BCUT2D eigenvalue weighted by molar-refractivity contribution is 0.218. The Labute approximate surface area is 134 Å². The van der Waals surface area contributed by atoms with Crippen molar-refractivity contribution in [1.29, 1.82) is 0 Å². The number of benzene rings is 1. The molecular weight excluding hydrogens is 290 g/mol. The van der Waals surface area contributed by atoms with Crippen LogP contribution in [0.25, 0.3) is 11.5 Å². The average Bonchev–Trinajstić information content (AvgIpc) is 3.30. The lowest BCUT2D eigenvalue weighted by Crippen LogP contribution is -2.24. The summed E-state index contributed by atoms with van der Waals surface area (Å²) in [6, 6.07) is 10.3. The van der Waals surface area contributed by atoms with E-state index >= 15 is 0 Å². The molecule has 0 aliphatic carbocycles. The number of likely N-dealkylation sites (tertiary alicyclic amines) is 1. The molecule has 1 unspecified atom stereocenters. The first-order chi connectivity index (χ1) is 11.3. The SMILES string of the molecule is Cn1cnnc1C1CCCN1Cc1cnc(-c2ccccc2)o1. The second-order valence-corrected chi connectivity index (χ2v) is 5.93. The zero-order valence-electron chi connectivity index (χ0n) is 13.1. The van der Waals surface area contributed by atoms with Crippen LogP contribution >= 0.6 is 0 Å². The van der Waals surface area contributed by atoms with Crippen LogP contribution in [0.4, 0.5) is 0 Å². The molecule has 2 aromatic heterocycles. The molecule has 3 heterocycles. The van der Waals surface area contributed by atoms with Crippen LogP contribution in [-0.2, 0) is 13.6 Å². The van der Waals surface area contributed by atoms with Gasteiger partial charge in [0.25, 0.3) is 0 Å². The molecule has 23 heavy (non-hydrogen) atoms. The molecule has 4 rings (SSSR count). The fraction of sp³-hybridized carbons (Fsp3) is 0.353. The molecule has 0 bridgehead atoms. The van der Waals surface area contributed by atoms with Crippen molar-refractivity contribution in [3.8, 4) is 11.5 Å². The Bertz CT molecular complexity index is 779. The van der Waals surface area contributed by atoms with E-state index in [4.69, 9.17) is 4.42 Å². The van der Waals surface area contributed by atoms with Crippen molar-refractivity contribution in [2.24, 2.45) is 7.05 Å². The van der Waals surface area contributed by atoms with Gasteiger partial charge in [0.15, 0.2) is 0 Å². The Morgan fingerprint density at radius 3 is 2.91 bits per heavy atom. The Morgan fingerprint density at radius 1 is 1.26 bits per heavy atom. The monoisotopic (exact) mass is 309 g/mol. The van der Waals surface area contributed by atoms with Gasteiger partial charge in [0.05, 0.1) is 18.8 Å². The van der Waals surface area contributed by atoms with Gasteiger partial charge in [-0.15, -0.1) is 10.2 Å². The minimum atomic E-state index is 0.299. The summed E-state index contributed by atoms with van der Waals surface area (Å²) < 4.78 is 7.93. The van der Waals surface area contributed by atoms with Crippen LogP contribution in [0, 0.1) is 0 Å². The molecule has 1 aromatic carbocycles. The number of aromatic nitrogens is 4. The quantitative estimate of drug-likeness (QED) is 0.741. The van der Waals surface area contributed by atoms with E-state index < -0.39 is 0 Å². The third kappa shape index (κ3) is 2.77. The molecule has 1 aliphatic rings. The summed E-state index contributed by atoms with van der Waals surface area (Å²) in [6.07, 6.45) is 5.85. The van der Waals surface area contributed by atoms with Crippen LogP contribution in [0.3, 0.4) is 0 Å². The molecule has 0 spiro atoms. The normalized spacial score (nSPS) is 18.6. The van der Waals surface area contributed by atoms with Crippen LogP contribution in [-0.4, -0.2) is 31.2 Å². The van der Waals surface area contributed by atoms with Crippen molar-refractivity contribution in [1.82, 2.24) is 24.6 Å². The summed E-state index contributed by atoms with van der Waals surface area (Å²) in [6.45, 7) is 1.79. The van der Waals surface area contributed by atoms with Crippen molar-refractivity contribution >= 4 is 0 Å². The van der Waals surface area contributed by atoms with E-state index in [1.54, 1.807) is 6.33 Å². The molecule has 118 valence electrons. The van der Waals surface area contributed by atoms with Gasteiger partial charge in [0.1, 0.15) is 17.9 Å². The molecular formula is C17H19N5O. The number of hydrogen-bond acceptors (Lipinski definition) is 5. The summed E-state index contributed by atoms with van der Waals surface area (Å²) in [5.74, 6) is 2.58. The van der Waals surface area contributed by atoms with E-state index in [0.717, 1.165) is 43.1 Å². The van der Waals surface area contributed by atoms with E-state index in [-0.39, 0.29) is 0 Å². The van der Waals surface area contributed by atoms with Crippen LogP contribution in [0.15, 0.2) is 47.3 Å². The smallest absolute Gasteiger partial charge is 0.226 e. The molecule has 0 radical (unpaired) electrons. The summed E-state index contributed by atoms with van der Waals surface area (Å²) in [5, 5.41) is 8.27. The zero-order valence-corrected chi connectivity index (χ0v) is 13.1.